The summed E-state index contributed by atoms with van der Waals surface area (Å²) in [6, 6.07) is 7.82. The molecule has 0 aliphatic carbocycles. The zero-order chi connectivity index (χ0) is 21.3. The molecule has 10 heteroatoms. The molecule has 0 aliphatic rings. The summed E-state index contributed by atoms with van der Waals surface area (Å²) in [5, 5.41) is 17.5. The minimum Gasteiger partial charge on any atom is -0.482 e. The molecule has 0 radical (unpaired) electrons. The van der Waals surface area contributed by atoms with Crippen LogP contribution >= 0.6 is 0 Å². The summed E-state index contributed by atoms with van der Waals surface area (Å²) < 4.78 is 25.5. The van der Waals surface area contributed by atoms with Crippen LogP contribution in [0.25, 0.3) is 17.0 Å². The number of benzene rings is 1. The molecule has 0 unspecified atom stereocenters. The monoisotopic (exact) mass is 421 g/mol. The fraction of sp³-hybridized carbons (Fsp3) is 0.190. The number of nitriles is 1. The fourth-order valence-corrected chi connectivity index (χ4v) is 3.00. The van der Waals surface area contributed by atoms with Crippen molar-refractivity contribution in [2.45, 2.75) is 27.4 Å². The minimum atomic E-state index is -0.618. The van der Waals surface area contributed by atoms with Crippen molar-refractivity contribution in [3.63, 3.8) is 0 Å². The van der Waals surface area contributed by atoms with Gasteiger partial charge in [0.15, 0.2) is 28.9 Å². The molecule has 0 amide bonds. The molecule has 1 aromatic carbocycles. The van der Waals surface area contributed by atoms with Crippen molar-refractivity contribution in [1.82, 2.24) is 25.0 Å². The molecular formula is C21H20FN7O2. The molecule has 31 heavy (non-hydrogen) atoms. The number of pyridine rings is 1. The van der Waals surface area contributed by atoms with Gasteiger partial charge in [-0.2, -0.15) is 20.3 Å². The highest BCUT2D eigenvalue weighted by Gasteiger charge is 2.20. The molecule has 0 bridgehead atoms. The Hall–Kier alpha value is -4.26. The first kappa shape index (κ1) is 21.4. The lowest BCUT2D eigenvalue weighted by Crippen LogP contribution is -2.11. The number of hydrogen-bond acceptors (Lipinski definition) is 8. The SMILES string of the molecule is C.Cc1nc(C#N)c(-c2cnc(N)c(O[C@H](C)c3cc(F)ccc3-n3nccn3)c2)o1. The van der Waals surface area contributed by atoms with Crippen LogP contribution in [0.3, 0.4) is 0 Å². The molecular weight excluding hydrogens is 401 g/mol. The van der Waals surface area contributed by atoms with E-state index in [1.54, 1.807) is 26.0 Å². The standard InChI is InChI=1S/C20H16FN7O2.CH4/c1-11(15-8-14(21)3-4-17(15)28-25-5-6-26-28)29-18-7-13(10-24-20(18)23)19-16(9-22)27-12(2)30-19;/h3-8,10-11H,1-2H3,(H2,23,24);1H4/t11-;/m1./s1. The first-order chi connectivity index (χ1) is 14.5. The van der Waals surface area contributed by atoms with Crippen LogP contribution in [0.15, 0.2) is 47.3 Å². The molecule has 0 saturated carbocycles. The number of aryl methyl sites for hydroxylation is 1. The third-order valence-electron chi connectivity index (χ3n) is 4.35. The van der Waals surface area contributed by atoms with Crippen LogP contribution in [0.2, 0.25) is 0 Å². The van der Waals surface area contributed by atoms with E-state index in [1.165, 1.54) is 35.5 Å². The molecule has 3 heterocycles. The van der Waals surface area contributed by atoms with Gasteiger partial charge in [-0.05, 0) is 31.2 Å². The normalized spacial score (nSPS) is 11.4. The number of aromatic nitrogens is 5. The van der Waals surface area contributed by atoms with E-state index in [0.717, 1.165) is 0 Å². The van der Waals surface area contributed by atoms with Crippen LogP contribution in [0.5, 0.6) is 5.75 Å². The Kier molecular flexibility index (Phi) is 5.97. The summed E-state index contributed by atoms with van der Waals surface area (Å²) in [7, 11) is 0. The molecule has 4 aromatic rings. The van der Waals surface area contributed by atoms with Crippen molar-refractivity contribution in [3.05, 3.63) is 65.8 Å². The van der Waals surface area contributed by atoms with Crippen molar-refractivity contribution < 1.29 is 13.5 Å². The summed E-state index contributed by atoms with van der Waals surface area (Å²) in [6.45, 7) is 3.39. The Morgan fingerprint density at radius 1 is 1.26 bits per heavy atom. The third-order valence-corrected chi connectivity index (χ3v) is 4.35. The molecule has 0 fully saturated rings. The van der Waals surface area contributed by atoms with Gasteiger partial charge in [0.1, 0.15) is 18.0 Å². The van der Waals surface area contributed by atoms with Gasteiger partial charge in [0.25, 0.3) is 0 Å². The van der Waals surface area contributed by atoms with Gasteiger partial charge in [0, 0.05) is 24.2 Å². The Morgan fingerprint density at radius 2 is 2.00 bits per heavy atom. The maximum absolute atomic E-state index is 13.9. The van der Waals surface area contributed by atoms with E-state index < -0.39 is 11.9 Å². The predicted octanol–water partition coefficient (Wildman–Crippen LogP) is 3.99. The molecule has 0 saturated heterocycles. The maximum Gasteiger partial charge on any atom is 0.193 e. The van der Waals surface area contributed by atoms with E-state index in [9.17, 15) is 9.65 Å². The number of nitrogen functional groups attached to an aromatic ring is 1. The number of hydrogen-bond donors (Lipinski definition) is 1. The highest BCUT2D eigenvalue weighted by molar-refractivity contribution is 5.66. The number of rotatable bonds is 5. The summed E-state index contributed by atoms with van der Waals surface area (Å²) >= 11 is 0. The first-order valence-corrected chi connectivity index (χ1v) is 8.92. The lowest BCUT2D eigenvalue weighted by molar-refractivity contribution is 0.226. The number of nitrogens with zero attached hydrogens (tertiary/aromatic N) is 6. The summed E-state index contributed by atoms with van der Waals surface area (Å²) in [5.74, 6) is 0.585. The number of anilines is 1. The van der Waals surface area contributed by atoms with Gasteiger partial charge in [-0.15, -0.1) is 0 Å². The highest BCUT2D eigenvalue weighted by Crippen LogP contribution is 2.33. The van der Waals surface area contributed by atoms with E-state index in [-0.39, 0.29) is 30.4 Å². The Bertz CT molecular complexity index is 1250. The van der Waals surface area contributed by atoms with Crippen LogP contribution in [0, 0.1) is 24.1 Å². The first-order valence-electron chi connectivity index (χ1n) is 8.92. The Morgan fingerprint density at radius 3 is 2.71 bits per heavy atom. The number of ether oxygens (including phenoxy) is 1. The van der Waals surface area contributed by atoms with Crippen LogP contribution in [-0.2, 0) is 0 Å². The average molecular weight is 421 g/mol. The van der Waals surface area contributed by atoms with Gasteiger partial charge in [-0.3, -0.25) is 0 Å². The summed E-state index contributed by atoms with van der Waals surface area (Å²) in [4.78, 5) is 9.54. The van der Waals surface area contributed by atoms with E-state index >= 15 is 0 Å². The van der Waals surface area contributed by atoms with Crippen LogP contribution < -0.4 is 10.5 Å². The van der Waals surface area contributed by atoms with Gasteiger partial charge in [0.05, 0.1) is 18.1 Å². The second-order valence-corrected chi connectivity index (χ2v) is 6.41. The fourth-order valence-electron chi connectivity index (χ4n) is 3.00. The molecule has 1 atom stereocenters. The Balaban J connectivity index is 0.00000272. The molecule has 3 aromatic heterocycles. The van der Waals surface area contributed by atoms with Crippen molar-refractivity contribution >= 4 is 5.82 Å². The number of nitrogens with two attached hydrogens (primary N) is 1. The van der Waals surface area contributed by atoms with Crippen molar-refractivity contribution in [1.29, 1.82) is 5.26 Å². The topological polar surface area (TPSA) is 129 Å². The van der Waals surface area contributed by atoms with E-state index in [0.29, 0.717) is 22.7 Å². The molecule has 0 aliphatic heterocycles. The molecule has 4 rings (SSSR count). The summed E-state index contributed by atoms with van der Waals surface area (Å²) in [5.41, 5.74) is 7.68. The predicted molar refractivity (Wildman–Crippen MR) is 111 cm³/mol. The second kappa shape index (κ2) is 8.62. The van der Waals surface area contributed by atoms with Gasteiger partial charge in [-0.1, -0.05) is 7.43 Å². The van der Waals surface area contributed by atoms with Crippen LogP contribution in [0.1, 0.15) is 37.6 Å². The second-order valence-electron chi connectivity index (χ2n) is 6.41. The third kappa shape index (κ3) is 4.20. The van der Waals surface area contributed by atoms with Crippen molar-refractivity contribution in [2.75, 3.05) is 5.73 Å². The molecule has 9 nitrogen and oxygen atoms in total. The minimum absolute atomic E-state index is 0. The van der Waals surface area contributed by atoms with Gasteiger partial charge in [0.2, 0.25) is 0 Å². The molecule has 158 valence electrons. The Labute approximate surface area is 177 Å². The van der Waals surface area contributed by atoms with Gasteiger partial charge >= 0.3 is 0 Å². The smallest absolute Gasteiger partial charge is 0.193 e. The molecule has 2 N–H and O–H groups in total. The average Bonchev–Trinajstić information content (AvgIpc) is 3.39. The summed E-state index contributed by atoms with van der Waals surface area (Å²) in [6.07, 6.45) is 3.90. The van der Waals surface area contributed by atoms with E-state index in [4.69, 9.17) is 14.9 Å². The molecule has 0 spiro atoms. The van der Waals surface area contributed by atoms with E-state index in [2.05, 4.69) is 20.2 Å². The quantitative estimate of drug-likeness (QED) is 0.512. The lowest BCUT2D eigenvalue weighted by atomic mass is 10.1. The highest BCUT2D eigenvalue weighted by atomic mass is 19.1. The van der Waals surface area contributed by atoms with Crippen molar-refractivity contribution in [3.8, 4) is 28.8 Å². The van der Waals surface area contributed by atoms with Gasteiger partial charge < -0.3 is 14.9 Å². The van der Waals surface area contributed by atoms with Gasteiger partial charge in [-0.25, -0.2) is 14.4 Å². The van der Waals surface area contributed by atoms with E-state index in [1.807, 2.05) is 6.07 Å². The van der Waals surface area contributed by atoms with Crippen LogP contribution in [0.4, 0.5) is 10.2 Å². The zero-order valence-corrected chi connectivity index (χ0v) is 16.1. The number of oxazole rings is 1. The lowest BCUT2D eigenvalue weighted by Gasteiger charge is -2.19. The largest absolute Gasteiger partial charge is 0.482 e. The maximum atomic E-state index is 13.9. The van der Waals surface area contributed by atoms with Crippen LogP contribution in [-0.4, -0.2) is 25.0 Å². The number of halogens is 1. The zero-order valence-electron chi connectivity index (χ0n) is 16.1. The van der Waals surface area contributed by atoms with Crippen molar-refractivity contribution in [2.24, 2.45) is 0 Å².